The Morgan fingerprint density at radius 3 is 2.44 bits per heavy atom. The Morgan fingerprint density at radius 1 is 1.00 bits per heavy atom. The standard InChI is InChI=1S/C21H24N2O2/c1-16-10-11-19(22-20(24)15-23-12-6-3-7-13-23)18(14-16)21(25)17-8-4-2-5-9-17/h2,4-5,8-11,14H,3,6-7,12-13,15H2,1H3,(H,22,24). The van der Waals surface area contributed by atoms with Gasteiger partial charge in [0.05, 0.1) is 12.2 Å². The smallest absolute Gasteiger partial charge is 0.238 e. The van der Waals surface area contributed by atoms with E-state index < -0.39 is 0 Å². The van der Waals surface area contributed by atoms with Crippen LogP contribution in [-0.2, 0) is 4.79 Å². The van der Waals surface area contributed by atoms with E-state index in [1.807, 2.05) is 43.3 Å². The van der Waals surface area contributed by atoms with Crippen molar-refractivity contribution in [2.75, 3.05) is 25.0 Å². The Kier molecular flexibility index (Phi) is 5.61. The lowest BCUT2D eigenvalue weighted by Gasteiger charge is -2.25. The third-order valence-corrected chi connectivity index (χ3v) is 4.55. The Hall–Kier alpha value is -2.46. The van der Waals surface area contributed by atoms with E-state index in [1.54, 1.807) is 12.1 Å². The molecular weight excluding hydrogens is 312 g/mol. The first-order valence-electron chi connectivity index (χ1n) is 8.86. The molecule has 1 aliphatic rings. The maximum absolute atomic E-state index is 12.8. The summed E-state index contributed by atoms with van der Waals surface area (Å²) in [6.07, 6.45) is 3.54. The van der Waals surface area contributed by atoms with Crippen molar-refractivity contribution in [3.63, 3.8) is 0 Å². The number of hydrogen-bond acceptors (Lipinski definition) is 3. The first kappa shape index (κ1) is 17.4. The SMILES string of the molecule is Cc1ccc(NC(=O)CN2CCCCC2)c(C(=O)c2ccccc2)c1. The maximum Gasteiger partial charge on any atom is 0.238 e. The van der Waals surface area contributed by atoms with Gasteiger partial charge in [0, 0.05) is 11.1 Å². The molecular formula is C21H24N2O2. The molecule has 2 aromatic carbocycles. The lowest BCUT2D eigenvalue weighted by molar-refractivity contribution is -0.117. The van der Waals surface area contributed by atoms with Gasteiger partial charge in [-0.25, -0.2) is 0 Å². The maximum atomic E-state index is 12.8. The highest BCUT2D eigenvalue weighted by molar-refractivity contribution is 6.14. The Labute approximate surface area is 148 Å². The minimum absolute atomic E-state index is 0.0622. The summed E-state index contributed by atoms with van der Waals surface area (Å²) in [6, 6.07) is 14.7. The Morgan fingerprint density at radius 2 is 1.72 bits per heavy atom. The zero-order valence-electron chi connectivity index (χ0n) is 14.6. The predicted octanol–water partition coefficient (Wildman–Crippen LogP) is 3.65. The summed E-state index contributed by atoms with van der Waals surface area (Å²) in [5.41, 5.74) is 2.74. The summed E-state index contributed by atoms with van der Waals surface area (Å²) < 4.78 is 0. The third kappa shape index (κ3) is 4.54. The van der Waals surface area contributed by atoms with Gasteiger partial charge in [-0.15, -0.1) is 0 Å². The van der Waals surface area contributed by atoms with E-state index >= 15 is 0 Å². The molecule has 0 aromatic heterocycles. The minimum Gasteiger partial charge on any atom is -0.324 e. The average molecular weight is 336 g/mol. The van der Waals surface area contributed by atoms with Crippen LogP contribution >= 0.6 is 0 Å². The molecule has 1 saturated heterocycles. The summed E-state index contributed by atoms with van der Waals surface area (Å²) in [4.78, 5) is 27.4. The van der Waals surface area contributed by atoms with Crippen molar-refractivity contribution in [1.82, 2.24) is 4.90 Å². The monoisotopic (exact) mass is 336 g/mol. The number of anilines is 1. The van der Waals surface area contributed by atoms with Gasteiger partial charge in [0.1, 0.15) is 0 Å². The molecule has 1 N–H and O–H groups in total. The van der Waals surface area contributed by atoms with Gasteiger partial charge in [-0.3, -0.25) is 14.5 Å². The van der Waals surface area contributed by atoms with E-state index in [-0.39, 0.29) is 11.7 Å². The summed E-state index contributed by atoms with van der Waals surface area (Å²) in [7, 11) is 0. The third-order valence-electron chi connectivity index (χ3n) is 4.55. The van der Waals surface area contributed by atoms with Gasteiger partial charge in [0.2, 0.25) is 5.91 Å². The van der Waals surface area contributed by atoms with Crippen LogP contribution in [0.1, 0.15) is 40.7 Å². The molecule has 0 radical (unpaired) electrons. The molecule has 130 valence electrons. The number of rotatable bonds is 5. The minimum atomic E-state index is -0.0717. The zero-order chi connectivity index (χ0) is 17.6. The molecule has 1 fully saturated rings. The number of nitrogens with one attached hydrogen (secondary N) is 1. The van der Waals surface area contributed by atoms with Gasteiger partial charge in [-0.2, -0.15) is 0 Å². The second-order valence-electron chi connectivity index (χ2n) is 6.63. The van der Waals surface area contributed by atoms with Crippen molar-refractivity contribution in [2.24, 2.45) is 0 Å². The van der Waals surface area contributed by atoms with Crippen molar-refractivity contribution in [1.29, 1.82) is 0 Å². The lowest BCUT2D eigenvalue weighted by Crippen LogP contribution is -2.37. The average Bonchev–Trinajstić information content (AvgIpc) is 2.64. The summed E-state index contributed by atoms with van der Waals surface area (Å²) in [6.45, 7) is 4.27. The first-order chi connectivity index (χ1) is 12.1. The fourth-order valence-corrected chi connectivity index (χ4v) is 3.21. The van der Waals surface area contributed by atoms with Crippen LogP contribution < -0.4 is 5.32 Å². The molecule has 0 unspecified atom stereocenters. The molecule has 0 saturated carbocycles. The van der Waals surface area contributed by atoms with Gasteiger partial charge in [0.15, 0.2) is 5.78 Å². The molecule has 1 aliphatic heterocycles. The molecule has 1 amide bonds. The van der Waals surface area contributed by atoms with E-state index in [2.05, 4.69) is 10.2 Å². The number of piperidine rings is 1. The van der Waals surface area contributed by atoms with Crippen LogP contribution in [0, 0.1) is 6.92 Å². The van der Waals surface area contributed by atoms with Gasteiger partial charge >= 0.3 is 0 Å². The van der Waals surface area contributed by atoms with Crippen molar-refractivity contribution in [3.05, 3.63) is 65.2 Å². The zero-order valence-corrected chi connectivity index (χ0v) is 14.6. The van der Waals surface area contributed by atoms with E-state index in [4.69, 9.17) is 0 Å². The van der Waals surface area contributed by atoms with Crippen LogP contribution in [-0.4, -0.2) is 36.2 Å². The van der Waals surface area contributed by atoms with Crippen LogP contribution in [0.25, 0.3) is 0 Å². The first-order valence-corrected chi connectivity index (χ1v) is 8.86. The fourth-order valence-electron chi connectivity index (χ4n) is 3.21. The number of aryl methyl sites for hydroxylation is 1. The van der Waals surface area contributed by atoms with Crippen LogP contribution in [0.3, 0.4) is 0 Å². The number of carbonyl (C=O) groups excluding carboxylic acids is 2. The van der Waals surface area contributed by atoms with Gasteiger partial charge in [-0.1, -0.05) is 48.4 Å². The number of nitrogens with zero attached hydrogens (tertiary/aromatic N) is 1. The lowest BCUT2D eigenvalue weighted by atomic mass is 9.99. The number of likely N-dealkylation sites (tertiary alicyclic amines) is 1. The van der Waals surface area contributed by atoms with Crippen LogP contribution in [0.2, 0.25) is 0 Å². The highest BCUT2D eigenvalue weighted by Gasteiger charge is 2.18. The number of carbonyl (C=O) groups is 2. The van der Waals surface area contributed by atoms with Crippen molar-refractivity contribution >= 4 is 17.4 Å². The molecule has 0 bridgehead atoms. The number of benzene rings is 2. The molecule has 0 spiro atoms. The highest BCUT2D eigenvalue weighted by atomic mass is 16.2. The summed E-state index contributed by atoms with van der Waals surface area (Å²) in [5, 5.41) is 2.93. The van der Waals surface area contributed by atoms with Crippen molar-refractivity contribution < 1.29 is 9.59 Å². The molecule has 1 heterocycles. The summed E-state index contributed by atoms with van der Waals surface area (Å²) in [5.74, 6) is -0.134. The van der Waals surface area contributed by atoms with E-state index in [0.29, 0.717) is 23.4 Å². The van der Waals surface area contributed by atoms with E-state index in [1.165, 1.54) is 6.42 Å². The van der Waals surface area contributed by atoms with Gasteiger partial charge in [0.25, 0.3) is 0 Å². The van der Waals surface area contributed by atoms with Gasteiger partial charge in [-0.05, 0) is 45.0 Å². The largest absolute Gasteiger partial charge is 0.324 e. The Balaban J connectivity index is 1.77. The molecule has 4 heteroatoms. The van der Waals surface area contributed by atoms with E-state index in [9.17, 15) is 9.59 Å². The van der Waals surface area contributed by atoms with Crippen LogP contribution in [0.15, 0.2) is 48.5 Å². The summed E-state index contributed by atoms with van der Waals surface area (Å²) >= 11 is 0. The molecule has 0 atom stereocenters. The second-order valence-corrected chi connectivity index (χ2v) is 6.63. The topological polar surface area (TPSA) is 49.4 Å². The number of amides is 1. The quantitative estimate of drug-likeness (QED) is 0.848. The van der Waals surface area contributed by atoms with Crippen LogP contribution in [0.5, 0.6) is 0 Å². The molecule has 25 heavy (non-hydrogen) atoms. The van der Waals surface area contributed by atoms with E-state index in [0.717, 1.165) is 31.5 Å². The fraction of sp³-hybridized carbons (Fsp3) is 0.333. The normalized spacial score (nSPS) is 14.9. The van der Waals surface area contributed by atoms with Crippen molar-refractivity contribution in [2.45, 2.75) is 26.2 Å². The second kappa shape index (κ2) is 8.08. The molecule has 3 rings (SSSR count). The molecule has 2 aromatic rings. The number of hydrogen-bond donors (Lipinski definition) is 1. The molecule has 4 nitrogen and oxygen atoms in total. The van der Waals surface area contributed by atoms with Crippen molar-refractivity contribution in [3.8, 4) is 0 Å². The van der Waals surface area contributed by atoms with Gasteiger partial charge < -0.3 is 5.32 Å². The Bertz CT molecular complexity index is 750. The molecule has 0 aliphatic carbocycles. The predicted molar refractivity (Wildman–Crippen MR) is 100.0 cm³/mol. The number of ketones is 1. The highest BCUT2D eigenvalue weighted by Crippen LogP contribution is 2.21. The van der Waals surface area contributed by atoms with Crippen LogP contribution in [0.4, 0.5) is 5.69 Å².